The number of hydrogen-bond acceptors (Lipinski definition) is 4. The number of aliphatic carboxylic acids is 1. The van der Waals surface area contributed by atoms with E-state index in [0.717, 1.165) is 30.4 Å². The highest BCUT2D eigenvalue weighted by atomic mass is 16.5. The Hall–Kier alpha value is -2.89. The van der Waals surface area contributed by atoms with Crippen LogP contribution in [0.25, 0.3) is 11.1 Å². The third-order valence-electron chi connectivity index (χ3n) is 4.37. The Bertz CT molecular complexity index is 773. The Morgan fingerprint density at radius 1 is 1.19 bits per heavy atom. The first-order valence-corrected chi connectivity index (χ1v) is 9.05. The van der Waals surface area contributed by atoms with Crippen LogP contribution in [-0.4, -0.2) is 35.0 Å². The molecule has 0 radical (unpaired) electrons. The average Bonchev–Trinajstić information content (AvgIpc) is 2.66. The van der Waals surface area contributed by atoms with Crippen LogP contribution in [0.1, 0.15) is 33.1 Å². The fourth-order valence-electron chi connectivity index (χ4n) is 2.64. The summed E-state index contributed by atoms with van der Waals surface area (Å²) in [5.74, 6) is 0.00794. The third kappa shape index (κ3) is 6.73. The maximum atomic E-state index is 10.6. The van der Waals surface area contributed by atoms with E-state index in [1.165, 1.54) is 0 Å². The van der Waals surface area contributed by atoms with Gasteiger partial charge < -0.3 is 15.6 Å². The predicted octanol–water partition coefficient (Wildman–Crippen LogP) is 3.77. The second-order valence-corrected chi connectivity index (χ2v) is 7.03. The quantitative estimate of drug-likeness (QED) is 0.377. The van der Waals surface area contributed by atoms with Crippen molar-refractivity contribution in [1.29, 1.82) is 0 Å². The van der Waals surface area contributed by atoms with Gasteiger partial charge >= 0.3 is 5.97 Å². The van der Waals surface area contributed by atoms with Crippen molar-refractivity contribution in [3.05, 3.63) is 48.7 Å². The molecule has 1 aromatic carbocycles. The molecule has 0 saturated heterocycles. The van der Waals surface area contributed by atoms with Crippen LogP contribution in [-0.2, 0) is 4.79 Å². The summed E-state index contributed by atoms with van der Waals surface area (Å²) in [6, 6.07) is 14.0. The number of unbranched alkanes of at least 4 members (excludes halogenated alkanes) is 1. The number of carboxylic acid groups (broad SMARTS) is 1. The summed E-state index contributed by atoms with van der Waals surface area (Å²) in [7, 11) is 0. The van der Waals surface area contributed by atoms with Crippen molar-refractivity contribution in [3.8, 4) is 17.0 Å². The number of aliphatic imine (C=N–C) groups is 1. The Kier molecular flexibility index (Phi) is 7.34. The summed E-state index contributed by atoms with van der Waals surface area (Å²) in [6.45, 7) is 4.22. The number of hydrogen-bond donors (Lipinski definition) is 2. The first kappa shape index (κ1) is 20.4. The molecule has 0 fully saturated rings. The van der Waals surface area contributed by atoms with Crippen molar-refractivity contribution in [1.82, 2.24) is 4.98 Å². The summed E-state index contributed by atoms with van der Waals surface area (Å²) in [4.78, 5) is 18.8. The van der Waals surface area contributed by atoms with Crippen LogP contribution < -0.4 is 10.5 Å². The Morgan fingerprint density at radius 2 is 1.93 bits per heavy atom. The number of nitrogens with two attached hydrogens (primary N) is 1. The number of rotatable bonds is 10. The molecule has 0 bridgehead atoms. The smallest absolute Gasteiger partial charge is 0.325 e. The van der Waals surface area contributed by atoms with Crippen LogP contribution in [0.15, 0.2) is 53.7 Å². The number of carbonyl (C=O) groups is 1. The average molecular weight is 369 g/mol. The molecule has 1 aromatic heterocycles. The molecule has 0 aliphatic heterocycles. The van der Waals surface area contributed by atoms with Gasteiger partial charge in [-0.1, -0.05) is 44.2 Å². The highest BCUT2D eigenvalue weighted by Gasteiger charge is 2.22. The molecule has 0 amide bonds. The van der Waals surface area contributed by atoms with Gasteiger partial charge in [0.15, 0.2) is 0 Å². The molecule has 3 N–H and O–H groups in total. The van der Waals surface area contributed by atoms with Gasteiger partial charge in [-0.25, -0.2) is 4.98 Å². The van der Waals surface area contributed by atoms with Crippen molar-refractivity contribution >= 4 is 11.8 Å². The molecule has 2 aromatic rings. The van der Waals surface area contributed by atoms with Gasteiger partial charge in [-0.05, 0) is 36.5 Å². The van der Waals surface area contributed by atoms with E-state index < -0.39 is 5.97 Å². The lowest BCUT2D eigenvalue weighted by Gasteiger charge is -2.23. The van der Waals surface area contributed by atoms with Crippen molar-refractivity contribution < 1.29 is 14.6 Å². The molecule has 0 aliphatic carbocycles. The van der Waals surface area contributed by atoms with Crippen molar-refractivity contribution in [2.24, 2.45) is 16.1 Å². The van der Waals surface area contributed by atoms with E-state index in [1.807, 2.05) is 44.2 Å². The molecule has 27 heavy (non-hydrogen) atoms. The van der Waals surface area contributed by atoms with Gasteiger partial charge in [0.25, 0.3) is 0 Å². The third-order valence-corrected chi connectivity index (χ3v) is 4.37. The lowest BCUT2D eigenvalue weighted by Crippen LogP contribution is -2.32. The summed E-state index contributed by atoms with van der Waals surface area (Å²) in [5, 5.41) is 8.69. The van der Waals surface area contributed by atoms with E-state index in [2.05, 4.69) is 22.1 Å². The van der Waals surface area contributed by atoms with Crippen LogP contribution in [0.3, 0.4) is 0 Å². The SMILES string of the molecule is CC(C)(CCCCOc1cc(-c2ccccc2)ccn1)C(N)=NCC(=O)O. The zero-order valence-electron chi connectivity index (χ0n) is 15.9. The Morgan fingerprint density at radius 3 is 2.63 bits per heavy atom. The van der Waals surface area contributed by atoms with Crippen molar-refractivity contribution in [2.75, 3.05) is 13.2 Å². The molecular formula is C21H27N3O3. The van der Waals surface area contributed by atoms with E-state index in [0.29, 0.717) is 18.3 Å². The highest BCUT2D eigenvalue weighted by Crippen LogP contribution is 2.24. The molecule has 6 nitrogen and oxygen atoms in total. The van der Waals surface area contributed by atoms with E-state index in [9.17, 15) is 4.79 Å². The minimum absolute atomic E-state index is 0.290. The van der Waals surface area contributed by atoms with Gasteiger partial charge in [-0.3, -0.25) is 9.79 Å². The summed E-state index contributed by atoms with van der Waals surface area (Å²) in [5.41, 5.74) is 7.79. The largest absolute Gasteiger partial charge is 0.480 e. The van der Waals surface area contributed by atoms with Crippen LogP contribution in [0, 0.1) is 5.41 Å². The van der Waals surface area contributed by atoms with E-state index >= 15 is 0 Å². The maximum absolute atomic E-state index is 10.6. The fourth-order valence-corrected chi connectivity index (χ4v) is 2.64. The molecule has 0 atom stereocenters. The van der Waals surface area contributed by atoms with Gasteiger partial charge in [0.05, 0.1) is 6.61 Å². The lowest BCUT2D eigenvalue weighted by molar-refractivity contribution is -0.135. The number of benzene rings is 1. The fraction of sp³-hybridized carbons (Fsp3) is 0.381. The van der Waals surface area contributed by atoms with Crippen LogP contribution in [0.2, 0.25) is 0 Å². The molecule has 0 saturated carbocycles. The first-order valence-electron chi connectivity index (χ1n) is 9.05. The first-order chi connectivity index (χ1) is 12.9. The van der Waals surface area contributed by atoms with Gasteiger partial charge in [0.2, 0.25) is 5.88 Å². The van der Waals surface area contributed by atoms with Gasteiger partial charge in [0.1, 0.15) is 12.4 Å². The molecule has 0 spiro atoms. The number of nitrogens with zero attached hydrogens (tertiary/aromatic N) is 2. The minimum atomic E-state index is -0.979. The molecule has 2 rings (SSSR count). The number of amidine groups is 1. The molecular weight excluding hydrogens is 342 g/mol. The number of carboxylic acids is 1. The van der Waals surface area contributed by atoms with Gasteiger partial charge in [-0.15, -0.1) is 0 Å². The minimum Gasteiger partial charge on any atom is -0.480 e. The number of pyridine rings is 1. The van der Waals surface area contributed by atoms with E-state index in [4.69, 9.17) is 15.6 Å². The zero-order valence-corrected chi connectivity index (χ0v) is 15.9. The molecule has 1 heterocycles. The second kappa shape index (κ2) is 9.71. The van der Waals surface area contributed by atoms with E-state index in [-0.39, 0.29) is 12.0 Å². The summed E-state index contributed by atoms with van der Waals surface area (Å²) < 4.78 is 5.77. The van der Waals surface area contributed by atoms with Crippen LogP contribution >= 0.6 is 0 Å². The standard InChI is InChI=1S/C21H27N3O3/c1-21(2,20(22)24-15-19(25)26)11-6-7-13-27-18-14-17(10-12-23-18)16-8-4-3-5-9-16/h3-5,8-10,12,14H,6-7,11,13,15H2,1-2H3,(H2,22,24)(H,25,26). The number of ether oxygens (including phenoxy) is 1. The molecule has 0 aliphatic rings. The van der Waals surface area contributed by atoms with E-state index in [1.54, 1.807) is 6.20 Å². The molecule has 0 unspecified atom stereocenters. The maximum Gasteiger partial charge on any atom is 0.325 e. The van der Waals surface area contributed by atoms with Crippen molar-refractivity contribution in [2.45, 2.75) is 33.1 Å². The predicted molar refractivity (Wildman–Crippen MR) is 107 cm³/mol. The second-order valence-electron chi connectivity index (χ2n) is 7.03. The van der Waals surface area contributed by atoms with Gasteiger partial charge in [0, 0.05) is 17.7 Å². The topological polar surface area (TPSA) is 97.8 Å². The van der Waals surface area contributed by atoms with Crippen LogP contribution in [0.4, 0.5) is 0 Å². The summed E-state index contributed by atoms with van der Waals surface area (Å²) in [6.07, 6.45) is 4.31. The lowest BCUT2D eigenvalue weighted by atomic mass is 9.86. The monoisotopic (exact) mass is 369 g/mol. The Balaban J connectivity index is 1.79. The zero-order chi connectivity index (χ0) is 19.7. The van der Waals surface area contributed by atoms with Gasteiger partial charge in [-0.2, -0.15) is 0 Å². The normalized spacial score (nSPS) is 12.0. The Labute approximate surface area is 160 Å². The van der Waals surface area contributed by atoms with Crippen LogP contribution in [0.5, 0.6) is 5.88 Å². The van der Waals surface area contributed by atoms with Crippen molar-refractivity contribution in [3.63, 3.8) is 0 Å². The molecule has 6 heteroatoms. The summed E-state index contributed by atoms with van der Waals surface area (Å²) >= 11 is 0. The number of aromatic nitrogens is 1. The highest BCUT2D eigenvalue weighted by molar-refractivity contribution is 5.87. The molecule has 144 valence electrons.